The zero-order valence-corrected chi connectivity index (χ0v) is 18.3. The van der Waals surface area contributed by atoms with E-state index in [0.29, 0.717) is 52.6 Å². The Labute approximate surface area is 187 Å². The number of ketones is 1. The summed E-state index contributed by atoms with van der Waals surface area (Å²) >= 11 is 0. The first-order valence-corrected chi connectivity index (χ1v) is 10.2. The molecule has 0 atom stereocenters. The van der Waals surface area contributed by atoms with Crippen LogP contribution >= 0.6 is 0 Å². The van der Waals surface area contributed by atoms with Gasteiger partial charge < -0.3 is 18.9 Å². The average molecular weight is 434 g/mol. The van der Waals surface area contributed by atoms with Crippen molar-refractivity contribution in [3.05, 3.63) is 78.4 Å². The van der Waals surface area contributed by atoms with Crippen LogP contribution in [0.5, 0.6) is 23.0 Å². The van der Waals surface area contributed by atoms with Crippen LogP contribution in [-0.2, 0) is 0 Å². The van der Waals surface area contributed by atoms with Gasteiger partial charge in [-0.05, 0) is 50.3 Å². The number of Topliss-reactive ketones (excluding diaryl/α,β-unsaturated/α-hetero) is 1. The van der Waals surface area contributed by atoms with Crippen molar-refractivity contribution in [3.8, 4) is 23.0 Å². The summed E-state index contributed by atoms with van der Waals surface area (Å²) in [5.41, 5.74) is 0.817. The number of ether oxygens (including phenoxy) is 4. The molecule has 0 saturated carbocycles. The lowest BCUT2D eigenvalue weighted by molar-refractivity contribution is 0.0912. The van der Waals surface area contributed by atoms with E-state index < -0.39 is 5.60 Å². The lowest BCUT2D eigenvalue weighted by Crippen LogP contribution is -2.27. The molecule has 0 saturated heterocycles. The standard InChI is InChI=1S/C26H26O6/c1-5-13-29-19-8-9-20(24(15-19)30-14-6-2)22(28)17-31-25-18(16-27)7-10-23-21(25)11-12-26(3,4)32-23/h5-12,15-16H,1-2,13-14,17H2,3-4H3. The highest BCUT2D eigenvalue weighted by atomic mass is 16.5. The molecule has 2 aromatic rings. The molecule has 0 N–H and O–H groups in total. The van der Waals surface area contributed by atoms with Crippen LogP contribution < -0.4 is 18.9 Å². The summed E-state index contributed by atoms with van der Waals surface area (Å²) in [6.45, 7) is 11.4. The number of carbonyl (C=O) groups is 2. The van der Waals surface area contributed by atoms with Crippen LogP contribution in [-0.4, -0.2) is 37.5 Å². The topological polar surface area (TPSA) is 71.1 Å². The molecule has 0 amide bonds. The molecule has 6 nitrogen and oxygen atoms in total. The third-order valence-electron chi connectivity index (χ3n) is 4.66. The maximum absolute atomic E-state index is 13.0. The van der Waals surface area contributed by atoms with Crippen LogP contribution in [0.3, 0.4) is 0 Å². The summed E-state index contributed by atoms with van der Waals surface area (Å²) < 4.78 is 22.9. The normalized spacial score (nSPS) is 13.3. The van der Waals surface area contributed by atoms with Gasteiger partial charge in [-0.2, -0.15) is 0 Å². The molecule has 0 bridgehead atoms. The number of aldehydes is 1. The Morgan fingerprint density at radius 1 is 1.06 bits per heavy atom. The third-order valence-corrected chi connectivity index (χ3v) is 4.66. The zero-order valence-electron chi connectivity index (χ0n) is 18.3. The summed E-state index contributed by atoms with van der Waals surface area (Å²) in [6, 6.07) is 8.28. The van der Waals surface area contributed by atoms with E-state index in [1.54, 1.807) is 42.5 Å². The highest BCUT2D eigenvalue weighted by Gasteiger charge is 2.26. The zero-order chi connectivity index (χ0) is 23.1. The van der Waals surface area contributed by atoms with Crippen LogP contribution in [0.25, 0.3) is 6.08 Å². The van der Waals surface area contributed by atoms with Crippen molar-refractivity contribution < 1.29 is 28.5 Å². The minimum absolute atomic E-state index is 0.228. The molecule has 32 heavy (non-hydrogen) atoms. The number of benzene rings is 2. The van der Waals surface area contributed by atoms with Gasteiger partial charge in [0.2, 0.25) is 5.78 Å². The van der Waals surface area contributed by atoms with Gasteiger partial charge in [0, 0.05) is 6.07 Å². The van der Waals surface area contributed by atoms with Gasteiger partial charge in [0.05, 0.1) is 16.7 Å². The first kappa shape index (κ1) is 22.9. The fourth-order valence-corrected chi connectivity index (χ4v) is 3.16. The van der Waals surface area contributed by atoms with E-state index in [2.05, 4.69) is 13.2 Å². The van der Waals surface area contributed by atoms with Gasteiger partial charge in [-0.15, -0.1) is 0 Å². The van der Waals surface area contributed by atoms with Crippen LogP contribution in [0, 0.1) is 0 Å². The molecule has 1 aliphatic rings. The van der Waals surface area contributed by atoms with E-state index in [-0.39, 0.29) is 19.0 Å². The Bertz CT molecular complexity index is 1060. The van der Waals surface area contributed by atoms with Crippen LogP contribution in [0.4, 0.5) is 0 Å². The summed E-state index contributed by atoms with van der Waals surface area (Å²) in [4.78, 5) is 24.5. The molecule has 0 aliphatic carbocycles. The minimum Gasteiger partial charge on any atom is -0.489 e. The second-order valence-electron chi connectivity index (χ2n) is 7.62. The number of carbonyl (C=O) groups excluding carboxylic acids is 2. The van der Waals surface area contributed by atoms with Crippen molar-refractivity contribution in [2.24, 2.45) is 0 Å². The van der Waals surface area contributed by atoms with E-state index in [0.717, 1.165) is 0 Å². The first-order chi connectivity index (χ1) is 15.4. The quantitative estimate of drug-likeness (QED) is 0.279. The molecule has 0 aromatic heterocycles. The molecule has 1 heterocycles. The molecule has 0 spiro atoms. The van der Waals surface area contributed by atoms with Crippen molar-refractivity contribution >= 4 is 18.1 Å². The fraction of sp³-hybridized carbons (Fsp3) is 0.231. The Kier molecular flexibility index (Phi) is 7.15. The first-order valence-electron chi connectivity index (χ1n) is 10.2. The van der Waals surface area contributed by atoms with Crippen molar-refractivity contribution in [3.63, 3.8) is 0 Å². The summed E-state index contributed by atoms with van der Waals surface area (Å²) in [5, 5.41) is 0. The largest absolute Gasteiger partial charge is 0.489 e. The number of fused-ring (bicyclic) bond motifs is 1. The summed E-state index contributed by atoms with van der Waals surface area (Å²) in [6.07, 6.45) is 7.62. The number of rotatable bonds is 11. The molecular weight excluding hydrogens is 408 g/mol. The Balaban J connectivity index is 1.85. The Hall–Kier alpha value is -3.80. The van der Waals surface area contributed by atoms with Crippen LogP contribution in [0.1, 0.15) is 40.1 Å². The summed E-state index contributed by atoms with van der Waals surface area (Å²) in [7, 11) is 0. The Morgan fingerprint density at radius 3 is 2.53 bits per heavy atom. The predicted molar refractivity (Wildman–Crippen MR) is 123 cm³/mol. The van der Waals surface area contributed by atoms with E-state index in [9.17, 15) is 9.59 Å². The molecule has 3 rings (SSSR count). The molecule has 166 valence electrons. The van der Waals surface area contributed by atoms with Crippen molar-refractivity contribution in [1.82, 2.24) is 0 Å². The van der Waals surface area contributed by atoms with Crippen molar-refractivity contribution in [1.29, 1.82) is 0 Å². The van der Waals surface area contributed by atoms with Crippen molar-refractivity contribution in [2.75, 3.05) is 19.8 Å². The lowest BCUT2D eigenvalue weighted by atomic mass is 10.00. The molecule has 0 fully saturated rings. The van der Waals surface area contributed by atoms with E-state index in [1.165, 1.54) is 0 Å². The highest BCUT2D eigenvalue weighted by Crippen LogP contribution is 2.38. The smallest absolute Gasteiger partial charge is 0.203 e. The highest BCUT2D eigenvalue weighted by molar-refractivity contribution is 6.00. The van der Waals surface area contributed by atoms with Gasteiger partial charge >= 0.3 is 0 Å². The molecule has 2 aromatic carbocycles. The Morgan fingerprint density at radius 2 is 1.81 bits per heavy atom. The van der Waals surface area contributed by atoms with E-state index in [4.69, 9.17) is 18.9 Å². The molecule has 0 radical (unpaired) electrons. The second kappa shape index (κ2) is 10.0. The van der Waals surface area contributed by atoms with E-state index in [1.807, 2.05) is 26.0 Å². The molecule has 6 heteroatoms. The monoisotopic (exact) mass is 434 g/mol. The third kappa shape index (κ3) is 5.27. The van der Waals surface area contributed by atoms with Gasteiger partial charge in [-0.1, -0.05) is 25.3 Å². The van der Waals surface area contributed by atoms with Gasteiger partial charge in [0.25, 0.3) is 0 Å². The van der Waals surface area contributed by atoms with Crippen LogP contribution in [0.2, 0.25) is 0 Å². The molecular formula is C26H26O6. The fourth-order valence-electron chi connectivity index (χ4n) is 3.16. The molecule has 1 aliphatic heterocycles. The maximum Gasteiger partial charge on any atom is 0.203 e. The molecule has 0 unspecified atom stereocenters. The van der Waals surface area contributed by atoms with Gasteiger partial charge in [0.1, 0.15) is 41.8 Å². The summed E-state index contributed by atoms with van der Waals surface area (Å²) in [5.74, 6) is 1.48. The van der Waals surface area contributed by atoms with Gasteiger partial charge in [0.15, 0.2) is 12.9 Å². The average Bonchev–Trinajstić information content (AvgIpc) is 2.78. The second-order valence-corrected chi connectivity index (χ2v) is 7.62. The SMILES string of the molecule is C=CCOc1ccc(C(=O)COc2c(C=O)ccc3c2C=CC(C)(C)O3)c(OCC=C)c1. The number of hydrogen-bond acceptors (Lipinski definition) is 6. The predicted octanol–water partition coefficient (Wildman–Crippen LogP) is 5.07. The van der Waals surface area contributed by atoms with Gasteiger partial charge in [-0.25, -0.2) is 0 Å². The number of hydrogen-bond donors (Lipinski definition) is 0. The van der Waals surface area contributed by atoms with Gasteiger partial charge in [-0.3, -0.25) is 9.59 Å². The minimum atomic E-state index is -0.477. The lowest BCUT2D eigenvalue weighted by Gasteiger charge is -2.29. The maximum atomic E-state index is 13.0. The van der Waals surface area contributed by atoms with Crippen LogP contribution in [0.15, 0.2) is 61.7 Å². The van der Waals surface area contributed by atoms with Crippen molar-refractivity contribution in [2.45, 2.75) is 19.4 Å². The van der Waals surface area contributed by atoms with E-state index >= 15 is 0 Å².